The summed E-state index contributed by atoms with van der Waals surface area (Å²) >= 11 is 0. The molecule has 102 valence electrons. The minimum Gasteiger partial charge on any atom is -0.297 e. The van der Waals surface area contributed by atoms with Crippen LogP contribution < -0.4 is 0 Å². The van der Waals surface area contributed by atoms with E-state index in [4.69, 9.17) is 9.78 Å². The Morgan fingerprint density at radius 1 is 1.00 bits per heavy atom. The molecule has 0 fully saturated rings. The summed E-state index contributed by atoms with van der Waals surface area (Å²) in [7, 11) is 0. The number of carbonyl (C=O) groups excluding carboxylic acids is 1. The average molecular weight is 244 g/mol. The summed E-state index contributed by atoms with van der Waals surface area (Å²) in [5.74, 6) is -0.210. The first-order valence-corrected chi connectivity index (χ1v) is 6.71. The van der Waals surface area contributed by atoms with Crippen LogP contribution in [0.5, 0.6) is 0 Å². The fourth-order valence-electron chi connectivity index (χ4n) is 2.04. The van der Waals surface area contributed by atoms with E-state index in [0.717, 1.165) is 32.1 Å². The van der Waals surface area contributed by atoms with E-state index < -0.39 is 5.60 Å². The van der Waals surface area contributed by atoms with Gasteiger partial charge < -0.3 is 0 Å². The van der Waals surface area contributed by atoms with Crippen molar-refractivity contribution in [1.29, 1.82) is 0 Å². The van der Waals surface area contributed by atoms with E-state index in [1.807, 2.05) is 27.7 Å². The highest BCUT2D eigenvalue weighted by Crippen LogP contribution is 2.35. The molecule has 0 spiro atoms. The molecule has 3 heteroatoms. The third-order valence-electron chi connectivity index (χ3n) is 2.93. The lowest BCUT2D eigenvalue weighted by molar-refractivity contribution is -0.327. The van der Waals surface area contributed by atoms with Crippen molar-refractivity contribution in [2.24, 2.45) is 5.41 Å². The third kappa shape index (κ3) is 5.53. The van der Waals surface area contributed by atoms with Gasteiger partial charge in [0, 0.05) is 0 Å². The van der Waals surface area contributed by atoms with Gasteiger partial charge in [0.05, 0.1) is 5.41 Å². The molecule has 0 unspecified atom stereocenters. The van der Waals surface area contributed by atoms with Crippen LogP contribution in [0, 0.1) is 5.41 Å². The van der Waals surface area contributed by atoms with Crippen LogP contribution in [-0.2, 0) is 14.6 Å². The molecular formula is C14H28O3. The molecule has 0 radical (unpaired) electrons. The first-order chi connectivity index (χ1) is 7.81. The van der Waals surface area contributed by atoms with E-state index >= 15 is 0 Å². The lowest BCUT2D eigenvalue weighted by Crippen LogP contribution is -2.34. The predicted octanol–water partition coefficient (Wildman–Crippen LogP) is 4.26. The van der Waals surface area contributed by atoms with Gasteiger partial charge in [-0.05, 0) is 40.0 Å². The second-order valence-electron chi connectivity index (χ2n) is 5.70. The molecule has 0 atom stereocenters. The van der Waals surface area contributed by atoms with Crippen LogP contribution in [0.15, 0.2) is 0 Å². The van der Waals surface area contributed by atoms with E-state index in [-0.39, 0.29) is 11.4 Å². The van der Waals surface area contributed by atoms with Crippen LogP contribution >= 0.6 is 0 Å². The molecule has 0 aromatic heterocycles. The molecule has 0 aromatic rings. The lowest BCUT2D eigenvalue weighted by Gasteiger charge is -2.30. The molecule has 0 saturated carbocycles. The van der Waals surface area contributed by atoms with Crippen LogP contribution in [0.3, 0.4) is 0 Å². The van der Waals surface area contributed by atoms with Crippen molar-refractivity contribution in [3.8, 4) is 0 Å². The van der Waals surface area contributed by atoms with Crippen LogP contribution in [-0.4, -0.2) is 11.6 Å². The first-order valence-electron chi connectivity index (χ1n) is 6.71. The van der Waals surface area contributed by atoms with Crippen molar-refractivity contribution in [3.05, 3.63) is 0 Å². The van der Waals surface area contributed by atoms with Crippen molar-refractivity contribution < 1.29 is 14.6 Å². The molecule has 0 aromatic carbocycles. The highest BCUT2D eigenvalue weighted by Gasteiger charge is 2.38. The molecule has 17 heavy (non-hydrogen) atoms. The summed E-state index contributed by atoms with van der Waals surface area (Å²) in [6.07, 6.45) is 4.51. The van der Waals surface area contributed by atoms with Crippen molar-refractivity contribution in [3.63, 3.8) is 0 Å². The van der Waals surface area contributed by atoms with Gasteiger partial charge in [-0.1, -0.05) is 33.6 Å². The van der Waals surface area contributed by atoms with Gasteiger partial charge in [0.25, 0.3) is 0 Å². The molecular weight excluding hydrogens is 216 g/mol. The molecule has 0 aliphatic heterocycles. The molecule has 0 heterocycles. The van der Waals surface area contributed by atoms with E-state index in [2.05, 4.69) is 13.8 Å². The summed E-state index contributed by atoms with van der Waals surface area (Å²) in [4.78, 5) is 22.3. The van der Waals surface area contributed by atoms with E-state index in [1.54, 1.807) is 0 Å². The summed E-state index contributed by atoms with van der Waals surface area (Å²) < 4.78 is 0. The van der Waals surface area contributed by atoms with Crippen molar-refractivity contribution in [2.45, 2.75) is 79.2 Å². The van der Waals surface area contributed by atoms with E-state index in [0.29, 0.717) is 0 Å². The number of carbonyl (C=O) groups is 1. The van der Waals surface area contributed by atoms with Gasteiger partial charge in [-0.15, -0.1) is 0 Å². The van der Waals surface area contributed by atoms with Gasteiger partial charge in [0.2, 0.25) is 0 Å². The highest BCUT2D eigenvalue weighted by molar-refractivity contribution is 5.76. The van der Waals surface area contributed by atoms with E-state index in [9.17, 15) is 4.79 Å². The third-order valence-corrected chi connectivity index (χ3v) is 2.93. The number of rotatable bonds is 7. The van der Waals surface area contributed by atoms with Gasteiger partial charge >= 0.3 is 5.97 Å². The van der Waals surface area contributed by atoms with Crippen LogP contribution in [0.1, 0.15) is 73.6 Å². The number of hydrogen-bond acceptors (Lipinski definition) is 3. The Kier molecular flexibility index (Phi) is 6.76. The molecule has 0 aliphatic rings. The fourth-order valence-corrected chi connectivity index (χ4v) is 2.04. The maximum atomic E-state index is 12.2. The Bertz CT molecular complexity index is 222. The molecule has 0 saturated heterocycles. The molecule has 0 amide bonds. The molecule has 0 aliphatic carbocycles. The molecule has 0 rings (SSSR count). The zero-order valence-corrected chi connectivity index (χ0v) is 12.3. The van der Waals surface area contributed by atoms with Crippen molar-refractivity contribution >= 4 is 5.97 Å². The van der Waals surface area contributed by atoms with Gasteiger partial charge in [-0.3, -0.25) is 4.89 Å². The second-order valence-corrected chi connectivity index (χ2v) is 5.70. The Balaban J connectivity index is 4.62. The Morgan fingerprint density at radius 3 is 1.76 bits per heavy atom. The first kappa shape index (κ1) is 16.4. The monoisotopic (exact) mass is 244 g/mol. The Hall–Kier alpha value is -0.570. The topological polar surface area (TPSA) is 35.5 Å². The maximum absolute atomic E-state index is 12.2. The summed E-state index contributed by atoms with van der Waals surface area (Å²) in [6.45, 7) is 11.8. The van der Waals surface area contributed by atoms with Gasteiger partial charge in [-0.2, -0.15) is 4.89 Å². The predicted molar refractivity (Wildman–Crippen MR) is 69.5 cm³/mol. The molecule has 0 bridgehead atoms. The van der Waals surface area contributed by atoms with Crippen molar-refractivity contribution in [2.75, 3.05) is 0 Å². The van der Waals surface area contributed by atoms with Crippen molar-refractivity contribution in [1.82, 2.24) is 0 Å². The minimum atomic E-state index is -0.451. The fraction of sp³-hybridized carbons (Fsp3) is 0.929. The second kappa shape index (κ2) is 7.00. The standard InChI is InChI=1S/C14H28O3/c1-7-10-14(9-3,11-8-2)12(15)16-17-13(4,5)6/h7-11H2,1-6H3. The Labute approximate surface area is 106 Å². The average Bonchev–Trinajstić information content (AvgIpc) is 2.24. The highest BCUT2D eigenvalue weighted by atomic mass is 17.2. The van der Waals surface area contributed by atoms with Gasteiger partial charge in [0.15, 0.2) is 0 Å². The zero-order chi connectivity index (χ0) is 13.5. The maximum Gasteiger partial charge on any atom is 0.348 e. The molecule has 0 N–H and O–H groups in total. The Morgan fingerprint density at radius 2 is 1.47 bits per heavy atom. The quantitative estimate of drug-likeness (QED) is 0.496. The molecule has 3 nitrogen and oxygen atoms in total. The minimum absolute atomic E-state index is 0.210. The van der Waals surface area contributed by atoms with Crippen LogP contribution in [0.4, 0.5) is 0 Å². The smallest absolute Gasteiger partial charge is 0.297 e. The normalized spacial score (nSPS) is 12.6. The van der Waals surface area contributed by atoms with Gasteiger partial charge in [0.1, 0.15) is 5.60 Å². The van der Waals surface area contributed by atoms with Crippen LogP contribution in [0.2, 0.25) is 0 Å². The number of hydrogen-bond donors (Lipinski definition) is 0. The van der Waals surface area contributed by atoms with E-state index in [1.165, 1.54) is 0 Å². The zero-order valence-electron chi connectivity index (χ0n) is 12.3. The SMILES string of the molecule is CCCC(CC)(CCC)C(=O)OOC(C)(C)C. The largest absolute Gasteiger partial charge is 0.348 e. The van der Waals surface area contributed by atoms with Gasteiger partial charge in [-0.25, -0.2) is 4.79 Å². The summed E-state index contributed by atoms with van der Waals surface area (Å²) in [5.41, 5.74) is -0.817. The summed E-state index contributed by atoms with van der Waals surface area (Å²) in [5, 5.41) is 0. The summed E-state index contributed by atoms with van der Waals surface area (Å²) in [6, 6.07) is 0. The van der Waals surface area contributed by atoms with Crippen LogP contribution in [0.25, 0.3) is 0 Å². The lowest BCUT2D eigenvalue weighted by atomic mass is 9.77.